The number of aliphatic hydroxyl groups excluding tert-OH is 1. The van der Waals surface area contributed by atoms with Gasteiger partial charge in [0, 0.05) is 52.6 Å². The lowest BCUT2D eigenvalue weighted by Crippen LogP contribution is -2.58. The topological polar surface area (TPSA) is 144 Å². The summed E-state index contributed by atoms with van der Waals surface area (Å²) >= 11 is 1.57. The maximum Gasteiger partial charge on any atom is 0.410 e. The molecule has 1 aromatic carbocycles. The summed E-state index contributed by atoms with van der Waals surface area (Å²) in [5.74, 6) is -1.11. The fourth-order valence-electron chi connectivity index (χ4n) is 5.97. The van der Waals surface area contributed by atoms with Gasteiger partial charge in [-0.05, 0) is 44.2 Å². The highest BCUT2D eigenvalue weighted by atomic mass is 32.1. The normalized spacial score (nSPS) is 20.4. The molecule has 2 aromatic rings. The Bertz CT molecular complexity index is 1420. The summed E-state index contributed by atoms with van der Waals surface area (Å²) < 4.78 is 5.55. The quantitative estimate of drug-likeness (QED) is 0.388. The minimum Gasteiger partial charge on any atom is -0.444 e. The van der Waals surface area contributed by atoms with Gasteiger partial charge in [0.25, 0.3) is 0 Å². The van der Waals surface area contributed by atoms with Crippen LogP contribution in [0.15, 0.2) is 29.8 Å². The molecule has 4 atom stereocenters. The number of β-amino-alcohol motifs (C(OH)–C–C–N with tert-alkyl or cyclic N) is 1. The Labute approximate surface area is 281 Å². The average molecular weight is 671 g/mol. The minimum absolute atomic E-state index is 0.00325. The van der Waals surface area contributed by atoms with E-state index in [1.165, 1.54) is 11.8 Å². The summed E-state index contributed by atoms with van der Waals surface area (Å²) in [7, 11) is 0. The summed E-state index contributed by atoms with van der Waals surface area (Å²) in [4.78, 5) is 63.1. The van der Waals surface area contributed by atoms with Crippen LogP contribution in [-0.4, -0.2) is 112 Å². The number of aromatic nitrogens is 1. The SMILES string of the molecule is CC(=O)N[C@H](C(=O)N1C[C@H](O)C[C@H]1C(=O)N[C@@H](CN1CCN(C(=O)OC(C)(C)C)CC1)c1ccc(-c2scnc2C)cc1)C(C)(C)C. The number of piperazine rings is 1. The Morgan fingerprint density at radius 1 is 1.02 bits per heavy atom. The zero-order chi connectivity index (χ0) is 34.7. The van der Waals surface area contributed by atoms with E-state index in [1.807, 2.05) is 78.2 Å². The second-order valence-corrected chi connectivity index (χ2v) is 15.5. The molecule has 0 unspecified atom stereocenters. The van der Waals surface area contributed by atoms with Gasteiger partial charge in [-0.25, -0.2) is 9.78 Å². The van der Waals surface area contributed by atoms with Crippen LogP contribution in [0, 0.1) is 12.3 Å². The first kappa shape index (κ1) is 36.3. The van der Waals surface area contributed by atoms with Crippen molar-refractivity contribution in [3.05, 3.63) is 41.0 Å². The van der Waals surface area contributed by atoms with Crippen molar-refractivity contribution in [1.82, 2.24) is 30.3 Å². The van der Waals surface area contributed by atoms with E-state index in [0.717, 1.165) is 21.7 Å². The third kappa shape index (κ3) is 9.51. The van der Waals surface area contributed by atoms with E-state index in [4.69, 9.17) is 4.74 Å². The molecule has 0 bridgehead atoms. The van der Waals surface area contributed by atoms with E-state index in [9.17, 15) is 24.3 Å². The number of ether oxygens (including phenoxy) is 1. The largest absolute Gasteiger partial charge is 0.444 e. The predicted octanol–water partition coefficient (Wildman–Crippen LogP) is 3.34. The van der Waals surface area contributed by atoms with Gasteiger partial charge < -0.3 is 30.3 Å². The van der Waals surface area contributed by atoms with Gasteiger partial charge in [0.1, 0.15) is 17.7 Å². The first-order valence-corrected chi connectivity index (χ1v) is 17.1. The maximum atomic E-state index is 14.0. The Hall–Kier alpha value is -3.55. The molecule has 0 aliphatic carbocycles. The van der Waals surface area contributed by atoms with Crippen molar-refractivity contribution in [1.29, 1.82) is 0 Å². The summed E-state index contributed by atoms with van der Waals surface area (Å²) in [6, 6.07) is 5.83. The van der Waals surface area contributed by atoms with Crippen molar-refractivity contribution in [2.45, 2.75) is 91.6 Å². The van der Waals surface area contributed by atoms with Gasteiger partial charge in [0.2, 0.25) is 17.7 Å². The van der Waals surface area contributed by atoms with E-state index in [1.54, 1.807) is 16.2 Å². The lowest BCUT2D eigenvalue weighted by molar-refractivity contribution is -0.144. The Kier molecular flexibility index (Phi) is 11.3. The third-order valence-corrected chi connectivity index (χ3v) is 9.40. The smallest absolute Gasteiger partial charge is 0.410 e. The standard InChI is InChI=1S/C34H50N6O6S/c1-21-28(47-20-35-21)24-11-9-23(10-12-24)26(19-38-13-15-39(16-14-38)32(45)46-34(6,7)8)37-30(43)27-17-25(42)18-40(27)31(44)29(33(3,4)5)36-22(2)41/h9-12,20,25-27,29,42H,13-19H2,1-8H3,(H,36,41)(H,37,43)/t25-,26+,27+,29-/m1/s1. The van der Waals surface area contributed by atoms with Crippen LogP contribution in [0.25, 0.3) is 10.4 Å². The Morgan fingerprint density at radius 2 is 1.66 bits per heavy atom. The zero-order valence-electron chi connectivity index (χ0n) is 28.8. The molecule has 2 fully saturated rings. The summed E-state index contributed by atoms with van der Waals surface area (Å²) in [5.41, 5.74) is 3.50. The first-order chi connectivity index (χ1) is 21.9. The van der Waals surface area contributed by atoms with Gasteiger partial charge in [0.15, 0.2) is 0 Å². The number of benzene rings is 1. The predicted molar refractivity (Wildman–Crippen MR) is 181 cm³/mol. The van der Waals surface area contributed by atoms with Crippen molar-refractivity contribution < 1.29 is 29.0 Å². The van der Waals surface area contributed by atoms with Gasteiger partial charge in [0.05, 0.1) is 28.2 Å². The molecule has 3 heterocycles. The Balaban J connectivity index is 1.54. The van der Waals surface area contributed by atoms with Gasteiger partial charge in [-0.3, -0.25) is 19.3 Å². The number of nitrogens with one attached hydrogen (secondary N) is 2. The van der Waals surface area contributed by atoms with E-state index in [0.29, 0.717) is 32.7 Å². The van der Waals surface area contributed by atoms with Gasteiger partial charge in [-0.15, -0.1) is 11.3 Å². The van der Waals surface area contributed by atoms with Gasteiger partial charge in [-0.2, -0.15) is 0 Å². The molecule has 4 amide bonds. The number of thiazole rings is 1. The molecular formula is C34H50N6O6S. The second-order valence-electron chi connectivity index (χ2n) is 14.6. The van der Waals surface area contributed by atoms with Crippen LogP contribution in [0.5, 0.6) is 0 Å². The number of carbonyl (C=O) groups is 4. The van der Waals surface area contributed by atoms with Crippen LogP contribution in [0.1, 0.15) is 72.2 Å². The van der Waals surface area contributed by atoms with E-state index in [-0.39, 0.29) is 30.9 Å². The molecule has 2 saturated heterocycles. The number of rotatable bonds is 8. The van der Waals surface area contributed by atoms with Crippen molar-refractivity contribution in [3.63, 3.8) is 0 Å². The van der Waals surface area contributed by atoms with Crippen LogP contribution in [0.4, 0.5) is 4.79 Å². The number of aliphatic hydroxyl groups is 1. The molecule has 4 rings (SSSR count). The Morgan fingerprint density at radius 3 is 2.19 bits per heavy atom. The number of aryl methyl sites for hydroxylation is 1. The highest BCUT2D eigenvalue weighted by Crippen LogP contribution is 2.30. The van der Waals surface area contributed by atoms with Gasteiger partial charge >= 0.3 is 6.09 Å². The molecule has 3 N–H and O–H groups in total. The molecule has 1 aromatic heterocycles. The highest BCUT2D eigenvalue weighted by molar-refractivity contribution is 7.13. The summed E-state index contributed by atoms with van der Waals surface area (Å²) in [5, 5.41) is 16.5. The number of amides is 4. The fourth-order valence-corrected chi connectivity index (χ4v) is 6.78. The highest BCUT2D eigenvalue weighted by Gasteiger charge is 2.44. The minimum atomic E-state index is -0.901. The first-order valence-electron chi connectivity index (χ1n) is 16.2. The molecule has 0 radical (unpaired) electrons. The molecule has 47 heavy (non-hydrogen) atoms. The summed E-state index contributed by atoms with van der Waals surface area (Å²) in [6.45, 7) is 17.1. The lowest BCUT2D eigenvalue weighted by Gasteiger charge is -2.38. The van der Waals surface area contributed by atoms with Gasteiger partial charge in [-0.1, -0.05) is 45.0 Å². The van der Waals surface area contributed by atoms with E-state index in [2.05, 4.69) is 20.5 Å². The number of nitrogens with zero attached hydrogens (tertiary/aromatic N) is 4. The van der Waals surface area contributed by atoms with Crippen LogP contribution < -0.4 is 10.6 Å². The third-order valence-electron chi connectivity index (χ3n) is 8.43. The molecule has 258 valence electrons. The molecule has 12 nitrogen and oxygen atoms in total. The molecule has 2 aliphatic rings. The van der Waals surface area contributed by atoms with Crippen LogP contribution >= 0.6 is 11.3 Å². The van der Waals surface area contributed by atoms with E-state index < -0.39 is 41.2 Å². The van der Waals surface area contributed by atoms with Crippen LogP contribution in [0.2, 0.25) is 0 Å². The van der Waals surface area contributed by atoms with E-state index >= 15 is 0 Å². The fraction of sp³-hybridized carbons (Fsp3) is 0.618. The number of hydrogen-bond donors (Lipinski definition) is 3. The van der Waals surface area contributed by atoms with Crippen molar-refractivity contribution in [2.24, 2.45) is 5.41 Å². The van der Waals surface area contributed by atoms with Crippen LogP contribution in [-0.2, 0) is 19.1 Å². The van der Waals surface area contributed by atoms with Crippen molar-refractivity contribution in [2.75, 3.05) is 39.3 Å². The second kappa shape index (κ2) is 14.7. The molecule has 0 spiro atoms. The number of carbonyl (C=O) groups excluding carboxylic acids is 4. The number of likely N-dealkylation sites (tertiary alicyclic amines) is 1. The summed E-state index contributed by atoms with van der Waals surface area (Å²) in [6.07, 6.45) is -1.11. The maximum absolute atomic E-state index is 14.0. The van der Waals surface area contributed by atoms with Crippen LogP contribution in [0.3, 0.4) is 0 Å². The lowest BCUT2D eigenvalue weighted by atomic mass is 9.85. The average Bonchev–Trinajstić information content (AvgIpc) is 3.59. The monoisotopic (exact) mass is 670 g/mol. The zero-order valence-corrected chi connectivity index (χ0v) is 29.6. The van der Waals surface area contributed by atoms with Crippen molar-refractivity contribution >= 4 is 35.2 Å². The molecule has 0 saturated carbocycles. The molecule has 2 aliphatic heterocycles. The van der Waals surface area contributed by atoms with Crippen molar-refractivity contribution in [3.8, 4) is 10.4 Å². The molecule has 13 heteroatoms. The number of hydrogen-bond acceptors (Lipinski definition) is 9. The molecular weight excluding hydrogens is 620 g/mol.